The Kier molecular flexibility index (Phi) is 5.60. The van der Waals surface area contributed by atoms with Gasteiger partial charge in [-0.15, -0.1) is 11.8 Å². The van der Waals surface area contributed by atoms with Crippen LogP contribution in [0.1, 0.15) is 27.7 Å². The maximum Gasteiger partial charge on any atom is 0.316 e. The van der Waals surface area contributed by atoms with Gasteiger partial charge in [0.2, 0.25) is 5.91 Å². The Hall–Kier alpha value is -0.710. The molecule has 0 aliphatic carbocycles. The van der Waals surface area contributed by atoms with Crippen LogP contribution in [0.3, 0.4) is 0 Å². The molecule has 2 unspecified atom stereocenters. The zero-order chi connectivity index (χ0) is 11.3. The molecule has 0 aromatic heterocycles. The van der Waals surface area contributed by atoms with Gasteiger partial charge in [0.05, 0.1) is 5.25 Å². The molecular formula is C9H17NO3S. The highest BCUT2D eigenvalue weighted by Gasteiger charge is 2.20. The highest BCUT2D eigenvalue weighted by Crippen LogP contribution is 2.17. The molecule has 0 heterocycles. The van der Waals surface area contributed by atoms with Crippen LogP contribution in [0, 0.1) is 0 Å². The van der Waals surface area contributed by atoms with Crippen LogP contribution < -0.4 is 5.32 Å². The fourth-order valence-corrected chi connectivity index (χ4v) is 1.75. The Balaban J connectivity index is 4.01. The molecular weight excluding hydrogens is 202 g/mol. The number of rotatable bonds is 5. The van der Waals surface area contributed by atoms with E-state index in [0.717, 1.165) is 11.8 Å². The van der Waals surface area contributed by atoms with Crippen LogP contribution in [-0.4, -0.2) is 33.5 Å². The number of nitrogens with one attached hydrogen (secondary N) is 1. The van der Waals surface area contributed by atoms with Gasteiger partial charge in [-0.2, -0.15) is 0 Å². The molecule has 0 aromatic rings. The van der Waals surface area contributed by atoms with E-state index in [1.54, 1.807) is 13.8 Å². The van der Waals surface area contributed by atoms with Crippen molar-refractivity contribution in [1.29, 1.82) is 0 Å². The van der Waals surface area contributed by atoms with Gasteiger partial charge >= 0.3 is 5.97 Å². The number of carbonyl (C=O) groups excluding carboxylic acids is 1. The summed E-state index contributed by atoms with van der Waals surface area (Å²) in [5, 5.41) is 10.5. The molecule has 0 aliphatic rings. The van der Waals surface area contributed by atoms with Crippen LogP contribution in [0.2, 0.25) is 0 Å². The molecule has 0 fully saturated rings. The van der Waals surface area contributed by atoms with Crippen molar-refractivity contribution in [3.05, 3.63) is 0 Å². The summed E-state index contributed by atoms with van der Waals surface area (Å²) in [6.45, 7) is 7.03. The standard InChI is InChI=1S/C9H17NO3S/c1-5(2)10-8(11)6(3)14-7(4)9(12)13/h5-7H,1-4H3,(H,10,11)(H,12,13). The second kappa shape index (κ2) is 5.90. The molecule has 0 rings (SSSR count). The molecule has 0 bridgehead atoms. The van der Waals surface area contributed by atoms with Crippen molar-refractivity contribution < 1.29 is 14.7 Å². The lowest BCUT2D eigenvalue weighted by molar-refractivity contribution is -0.136. The SMILES string of the molecule is CC(C)NC(=O)C(C)SC(C)C(=O)O. The molecule has 0 radical (unpaired) electrons. The number of hydrogen-bond acceptors (Lipinski definition) is 3. The summed E-state index contributed by atoms with van der Waals surface area (Å²) < 4.78 is 0. The minimum absolute atomic E-state index is 0.0886. The van der Waals surface area contributed by atoms with E-state index in [-0.39, 0.29) is 17.2 Å². The monoisotopic (exact) mass is 219 g/mol. The Morgan fingerprint density at radius 2 is 1.64 bits per heavy atom. The maximum atomic E-state index is 11.4. The molecule has 4 nitrogen and oxygen atoms in total. The Labute approximate surface area is 88.4 Å². The Morgan fingerprint density at radius 1 is 1.14 bits per heavy atom. The number of hydrogen-bond donors (Lipinski definition) is 2. The first-order chi connectivity index (χ1) is 6.34. The average molecular weight is 219 g/mol. The summed E-state index contributed by atoms with van der Waals surface area (Å²) in [4.78, 5) is 21.9. The van der Waals surface area contributed by atoms with E-state index in [9.17, 15) is 9.59 Å². The average Bonchev–Trinajstić information content (AvgIpc) is 2.02. The van der Waals surface area contributed by atoms with Gasteiger partial charge in [-0.25, -0.2) is 0 Å². The van der Waals surface area contributed by atoms with E-state index < -0.39 is 11.2 Å². The predicted molar refractivity (Wildman–Crippen MR) is 57.4 cm³/mol. The number of thioether (sulfide) groups is 1. The summed E-state index contributed by atoms with van der Waals surface area (Å²) in [6, 6.07) is 0.0886. The molecule has 1 amide bonds. The summed E-state index contributed by atoms with van der Waals surface area (Å²) in [6.07, 6.45) is 0. The van der Waals surface area contributed by atoms with E-state index >= 15 is 0 Å². The summed E-state index contributed by atoms with van der Waals surface area (Å²) in [5.41, 5.74) is 0. The van der Waals surface area contributed by atoms with Crippen LogP contribution in [0.15, 0.2) is 0 Å². The number of amides is 1. The van der Waals surface area contributed by atoms with Crippen molar-refractivity contribution in [2.24, 2.45) is 0 Å². The molecule has 0 saturated carbocycles. The van der Waals surface area contributed by atoms with E-state index in [1.165, 1.54) is 0 Å². The molecule has 0 saturated heterocycles. The van der Waals surface area contributed by atoms with Crippen molar-refractivity contribution in [2.45, 2.75) is 44.2 Å². The topological polar surface area (TPSA) is 66.4 Å². The third-order valence-electron chi connectivity index (χ3n) is 1.56. The molecule has 2 N–H and O–H groups in total. The quantitative estimate of drug-likeness (QED) is 0.727. The van der Waals surface area contributed by atoms with Crippen LogP contribution >= 0.6 is 11.8 Å². The fourth-order valence-electron chi connectivity index (χ4n) is 0.828. The van der Waals surface area contributed by atoms with Crippen molar-refractivity contribution >= 4 is 23.6 Å². The lowest BCUT2D eigenvalue weighted by Gasteiger charge is -2.15. The second-order valence-electron chi connectivity index (χ2n) is 3.42. The van der Waals surface area contributed by atoms with Crippen LogP contribution in [0.25, 0.3) is 0 Å². The van der Waals surface area contributed by atoms with Crippen molar-refractivity contribution in [3.63, 3.8) is 0 Å². The third kappa shape index (κ3) is 5.11. The van der Waals surface area contributed by atoms with E-state index in [1.807, 2.05) is 13.8 Å². The molecule has 82 valence electrons. The predicted octanol–water partition coefficient (Wildman–Crippen LogP) is 1.11. The molecule has 0 aromatic carbocycles. The van der Waals surface area contributed by atoms with Crippen LogP contribution in [-0.2, 0) is 9.59 Å². The van der Waals surface area contributed by atoms with E-state index in [2.05, 4.69) is 5.32 Å². The normalized spacial score (nSPS) is 14.9. The first-order valence-corrected chi connectivity index (χ1v) is 5.47. The van der Waals surface area contributed by atoms with Gasteiger partial charge in [-0.05, 0) is 27.7 Å². The van der Waals surface area contributed by atoms with Gasteiger partial charge in [0.1, 0.15) is 5.25 Å². The third-order valence-corrected chi connectivity index (χ3v) is 2.79. The Bertz CT molecular complexity index is 218. The fraction of sp³-hybridized carbons (Fsp3) is 0.778. The minimum Gasteiger partial charge on any atom is -0.480 e. The van der Waals surface area contributed by atoms with E-state index in [4.69, 9.17) is 5.11 Å². The van der Waals surface area contributed by atoms with Gasteiger partial charge in [0.25, 0.3) is 0 Å². The van der Waals surface area contributed by atoms with Crippen LogP contribution in [0.4, 0.5) is 0 Å². The smallest absolute Gasteiger partial charge is 0.316 e. The molecule has 5 heteroatoms. The highest BCUT2D eigenvalue weighted by molar-refractivity contribution is 8.01. The largest absolute Gasteiger partial charge is 0.480 e. The molecule has 0 spiro atoms. The molecule has 0 aliphatic heterocycles. The number of carbonyl (C=O) groups is 2. The van der Waals surface area contributed by atoms with Gasteiger partial charge < -0.3 is 10.4 Å². The van der Waals surface area contributed by atoms with Gasteiger partial charge in [0, 0.05) is 6.04 Å². The van der Waals surface area contributed by atoms with Crippen molar-refractivity contribution in [3.8, 4) is 0 Å². The van der Waals surface area contributed by atoms with Gasteiger partial charge in [-0.3, -0.25) is 9.59 Å². The minimum atomic E-state index is -0.890. The number of carboxylic acid groups (broad SMARTS) is 1. The van der Waals surface area contributed by atoms with Crippen LogP contribution in [0.5, 0.6) is 0 Å². The molecule has 14 heavy (non-hydrogen) atoms. The van der Waals surface area contributed by atoms with E-state index in [0.29, 0.717) is 0 Å². The number of aliphatic carboxylic acids is 1. The first-order valence-electron chi connectivity index (χ1n) is 4.53. The number of carboxylic acids is 1. The van der Waals surface area contributed by atoms with Crippen molar-refractivity contribution in [1.82, 2.24) is 5.32 Å². The zero-order valence-corrected chi connectivity index (χ0v) is 9.72. The maximum absolute atomic E-state index is 11.4. The highest BCUT2D eigenvalue weighted by atomic mass is 32.2. The summed E-state index contributed by atoms with van der Waals surface area (Å²) >= 11 is 1.15. The zero-order valence-electron chi connectivity index (χ0n) is 8.90. The summed E-state index contributed by atoms with van der Waals surface area (Å²) in [7, 11) is 0. The first kappa shape index (κ1) is 13.3. The lowest BCUT2D eigenvalue weighted by Crippen LogP contribution is -2.37. The molecule has 2 atom stereocenters. The lowest BCUT2D eigenvalue weighted by atomic mass is 10.3. The summed E-state index contributed by atoms with van der Waals surface area (Å²) in [5.74, 6) is -1.00. The Morgan fingerprint density at radius 3 is 2.00 bits per heavy atom. The van der Waals surface area contributed by atoms with Gasteiger partial charge in [0.15, 0.2) is 0 Å². The van der Waals surface area contributed by atoms with Crippen molar-refractivity contribution in [2.75, 3.05) is 0 Å². The second-order valence-corrected chi connectivity index (χ2v) is 5.11. The van der Waals surface area contributed by atoms with Gasteiger partial charge in [-0.1, -0.05) is 0 Å².